The molecule has 1 heterocycles. The van der Waals surface area contributed by atoms with Crippen LogP contribution < -0.4 is 5.73 Å². The molecule has 1 aromatic carbocycles. The first-order valence-electron chi connectivity index (χ1n) is 4.62. The summed E-state index contributed by atoms with van der Waals surface area (Å²) in [5.74, 6) is 1.57. The van der Waals surface area contributed by atoms with Crippen LogP contribution in [0.3, 0.4) is 0 Å². The minimum atomic E-state index is 0.730. The Morgan fingerprint density at radius 1 is 1.50 bits per heavy atom. The van der Waals surface area contributed by atoms with Gasteiger partial charge >= 0.3 is 0 Å². The maximum absolute atomic E-state index is 6.07. The minimum Gasteiger partial charge on any atom is -0.399 e. The van der Waals surface area contributed by atoms with Crippen molar-refractivity contribution >= 4 is 40.6 Å². The highest BCUT2D eigenvalue weighted by molar-refractivity contribution is 8.00. The van der Waals surface area contributed by atoms with E-state index in [-0.39, 0.29) is 0 Å². The minimum absolute atomic E-state index is 0.730. The summed E-state index contributed by atoms with van der Waals surface area (Å²) in [5.41, 5.74) is 7.46. The van der Waals surface area contributed by atoms with Crippen molar-refractivity contribution in [1.82, 2.24) is 9.36 Å². The highest BCUT2D eigenvalue weighted by Gasteiger charge is 2.05. The highest BCUT2D eigenvalue weighted by atomic mass is 35.5. The van der Waals surface area contributed by atoms with E-state index in [4.69, 9.17) is 17.3 Å². The number of rotatable bonds is 3. The fourth-order valence-electron chi connectivity index (χ4n) is 1.18. The molecule has 1 aromatic heterocycles. The first-order chi connectivity index (χ1) is 7.65. The molecule has 2 rings (SSSR count). The average Bonchev–Trinajstić information content (AvgIpc) is 2.66. The Kier molecular flexibility index (Phi) is 3.68. The van der Waals surface area contributed by atoms with Crippen molar-refractivity contribution in [2.45, 2.75) is 17.0 Å². The van der Waals surface area contributed by atoms with Gasteiger partial charge in [0.05, 0.1) is 0 Å². The number of halogens is 1. The number of aromatic nitrogens is 2. The standard InChI is InChI=1S/C10H10ClN3S2/c1-6-13-10(16-14-6)15-5-7-4-8(12)2-3-9(7)11/h2-4H,5,12H2,1H3. The molecule has 3 nitrogen and oxygen atoms in total. The van der Waals surface area contributed by atoms with Crippen LogP contribution in [0.4, 0.5) is 5.69 Å². The molecule has 0 aliphatic heterocycles. The molecule has 0 aliphatic carbocycles. The van der Waals surface area contributed by atoms with E-state index in [1.165, 1.54) is 11.5 Å². The van der Waals surface area contributed by atoms with Crippen molar-refractivity contribution in [3.05, 3.63) is 34.6 Å². The van der Waals surface area contributed by atoms with Crippen LogP contribution in [0.2, 0.25) is 5.02 Å². The van der Waals surface area contributed by atoms with E-state index in [9.17, 15) is 0 Å². The third kappa shape index (κ3) is 2.87. The second-order valence-electron chi connectivity index (χ2n) is 3.25. The predicted octanol–water partition coefficient (Wildman–Crippen LogP) is 3.37. The molecule has 0 spiro atoms. The molecule has 0 radical (unpaired) electrons. The maximum Gasteiger partial charge on any atom is 0.170 e. The Bertz CT molecular complexity index is 499. The van der Waals surface area contributed by atoms with Gasteiger partial charge in [-0.2, -0.15) is 4.37 Å². The summed E-state index contributed by atoms with van der Waals surface area (Å²) in [7, 11) is 0. The van der Waals surface area contributed by atoms with Crippen LogP contribution in [0.25, 0.3) is 0 Å². The zero-order chi connectivity index (χ0) is 11.5. The summed E-state index contributed by atoms with van der Waals surface area (Å²) in [6, 6.07) is 5.51. The van der Waals surface area contributed by atoms with E-state index < -0.39 is 0 Å². The summed E-state index contributed by atoms with van der Waals surface area (Å²) in [4.78, 5) is 4.27. The van der Waals surface area contributed by atoms with Crippen LogP contribution in [-0.2, 0) is 5.75 Å². The number of nitrogens with two attached hydrogens (primary N) is 1. The van der Waals surface area contributed by atoms with Crippen molar-refractivity contribution in [2.75, 3.05) is 5.73 Å². The number of aryl methyl sites for hydroxylation is 1. The van der Waals surface area contributed by atoms with Crippen LogP contribution >= 0.6 is 34.9 Å². The van der Waals surface area contributed by atoms with E-state index in [2.05, 4.69) is 9.36 Å². The van der Waals surface area contributed by atoms with Gasteiger partial charge in [0.1, 0.15) is 5.82 Å². The normalized spacial score (nSPS) is 10.6. The van der Waals surface area contributed by atoms with Crippen molar-refractivity contribution in [3.8, 4) is 0 Å². The van der Waals surface area contributed by atoms with Gasteiger partial charge in [-0.05, 0) is 42.2 Å². The van der Waals surface area contributed by atoms with Gasteiger partial charge < -0.3 is 5.73 Å². The second kappa shape index (κ2) is 5.03. The molecular formula is C10H10ClN3S2. The van der Waals surface area contributed by atoms with Gasteiger partial charge in [-0.3, -0.25) is 0 Å². The average molecular weight is 272 g/mol. The molecule has 0 bridgehead atoms. The number of nitrogens with zero attached hydrogens (tertiary/aromatic N) is 2. The lowest BCUT2D eigenvalue weighted by atomic mass is 10.2. The summed E-state index contributed by atoms with van der Waals surface area (Å²) < 4.78 is 5.08. The van der Waals surface area contributed by atoms with E-state index in [0.29, 0.717) is 0 Å². The monoisotopic (exact) mass is 271 g/mol. The van der Waals surface area contributed by atoms with Crippen LogP contribution in [0.5, 0.6) is 0 Å². The highest BCUT2D eigenvalue weighted by Crippen LogP contribution is 2.28. The van der Waals surface area contributed by atoms with E-state index in [1.807, 2.05) is 19.1 Å². The van der Waals surface area contributed by atoms with Crippen LogP contribution in [0, 0.1) is 6.92 Å². The number of hydrogen-bond donors (Lipinski definition) is 1. The molecule has 0 atom stereocenters. The van der Waals surface area contributed by atoms with Gasteiger partial charge in [-0.15, -0.1) is 0 Å². The summed E-state index contributed by atoms with van der Waals surface area (Å²) in [6.07, 6.45) is 0. The Balaban J connectivity index is 2.07. The maximum atomic E-state index is 6.07. The number of hydrogen-bond acceptors (Lipinski definition) is 5. The smallest absolute Gasteiger partial charge is 0.170 e. The lowest BCUT2D eigenvalue weighted by Gasteiger charge is -2.03. The molecule has 2 N–H and O–H groups in total. The Morgan fingerprint density at radius 3 is 3.00 bits per heavy atom. The molecule has 0 saturated carbocycles. The molecule has 0 unspecified atom stereocenters. The zero-order valence-electron chi connectivity index (χ0n) is 8.61. The lowest BCUT2D eigenvalue weighted by molar-refractivity contribution is 1.10. The SMILES string of the molecule is Cc1nsc(SCc2cc(N)ccc2Cl)n1. The third-order valence-corrected chi connectivity index (χ3v) is 4.27. The van der Waals surface area contributed by atoms with E-state index in [1.54, 1.807) is 17.8 Å². The van der Waals surface area contributed by atoms with Crippen LogP contribution in [0.15, 0.2) is 22.5 Å². The third-order valence-electron chi connectivity index (χ3n) is 1.93. The van der Waals surface area contributed by atoms with Crippen molar-refractivity contribution < 1.29 is 0 Å². The fourth-order valence-corrected chi connectivity index (χ4v) is 3.08. The van der Waals surface area contributed by atoms with Crippen molar-refractivity contribution in [2.24, 2.45) is 0 Å². The van der Waals surface area contributed by atoms with Gasteiger partial charge in [-0.25, -0.2) is 4.98 Å². The molecule has 0 saturated heterocycles. The second-order valence-corrected chi connectivity index (χ2v) is 5.63. The Morgan fingerprint density at radius 2 is 2.31 bits per heavy atom. The van der Waals surface area contributed by atoms with Gasteiger partial charge in [0.2, 0.25) is 0 Å². The Labute approximate surface area is 107 Å². The Hall–Kier alpha value is -0.780. The van der Waals surface area contributed by atoms with Crippen LogP contribution in [0.1, 0.15) is 11.4 Å². The quantitative estimate of drug-likeness (QED) is 0.687. The van der Waals surface area contributed by atoms with Gasteiger partial charge in [0.25, 0.3) is 0 Å². The number of nitrogen functional groups attached to an aromatic ring is 1. The number of anilines is 1. The summed E-state index contributed by atoms with van der Waals surface area (Å²) in [5, 5.41) is 0.739. The first-order valence-corrected chi connectivity index (χ1v) is 6.76. The topological polar surface area (TPSA) is 51.8 Å². The summed E-state index contributed by atoms with van der Waals surface area (Å²) >= 11 is 9.09. The predicted molar refractivity (Wildman–Crippen MR) is 70.1 cm³/mol. The van der Waals surface area contributed by atoms with Gasteiger partial charge in [0, 0.05) is 16.5 Å². The van der Waals surface area contributed by atoms with Crippen molar-refractivity contribution in [1.29, 1.82) is 0 Å². The largest absolute Gasteiger partial charge is 0.399 e. The molecule has 0 aliphatic rings. The first kappa shape index (κ1) is 11.7. The molecule has 6 heteroatoms. The fraction of sp³-hybridized carbons (Fsp3) is 0.200. The molecule has 0 amide bonds. The number of thioether (sulfide) groups is 1. The van der Waals surface area contributed by atoms with Gasteiger partial charge in [-0.1, -0.05) is 23.4 Å². The molecule has 84 valence electrons. The summed E-state index contributed by atoms with van der Waals surface area (Å²) in [6.45, 7) is 1.88. The lowest BCUT2D eigenvalue weighted by Crippen LogP contribution is -1.88. The number of benzene rings is 1. The van der Waals surface area contributed by atoms with E-state index in [0.717, 1.165) is 32.2 Å². The molecular weight excluding hydrogens is 262 g/mol. The molecule has 2 aromatic rings. The van der Waals surface area contributed by atoms with Crippen LogP contribution in [-0.4, -0.2) is 9.36 Å². The molecule has 16 heavy (non-hydrogen) atoms. The molecule has 0 fully saturated rings. The van der Waals surface area contributed by atoms with Gasteiger partial charge in [0.15, 0.2) is 4.34 Å². The zero-order valence-corrected chi connectivity index (χ0v) is 11.0. The van der Waals surface area contributed by atoms with Crippen molar-refractivity contribution in [3.63, 3.8) is 0 Å². The van der Waals surface area contributed by atoms with E-state index >= 15 is 0 Å².